The van der Waals surface area contributed by atoms with Crippen LogP contribution in [0.5, 0.6) is 0 Å². The Balaban J connectivity index is 1.96. The van der Waals surface area contributed by atoms with E-state index in [1.807, 2.05) is 26.8 Å². The Hall–Kier alpha value is -0.910. The Labute approximate surface area is 153 Å². The van der Waals surface area contributed by atoms with E-state index in [4.69, 9.17) is 27.9 Å². The van der Waals surface area contributed by atoms with Crippen LogP contribution in [0.3, 0.4) is 0 Å². The van der Waals surface area contributed by atoms with E-state index in [0.717, 1.165) is 21.1 Å². The van der Waals surface area contributed by atoms with Crippen molar-refractivity contribution in [3.63, 3.8) is 0 Å². The first-order valence-electron chi connectivity index (χ1n) is 7.31. The van der Waals surface area contributed by atoms with Crippen LogP contribution in [0, 0.1) is 0 Å². The summed E-state index contributed by atoms with van der Waals surface area (Å²) in [4.78, 5) is 14.0. The summed E-state index contributed by atoms with van der Waals surface area (Å²) in [7, 11) is 0. The van der Waals surface area contributed by atoms with Crippen LogP contribution in [0.25, 0.3) is 10.9 Å². The Kier molecular flexibility index (Phi) is 4.32. The molecule has 0 aliphatic carbocycles. The summed E-state index contributed by atoms with van der Waals surface area (Å²) < 4.78 is 8.47. The highest BCUT2D eigenvalue weighted by Gasteiger charge is 2.28. The molecule has 1 amide bonds. The van der Waals surface area contributed by atoms with Crippen molar-refractivity contribution in [1.29, 1.82) is 0 Å². The number of nitrogens with zero attached hydrogens (tertiary/aromatic N) is 2. The van der Waals surface area contributed by atoms with Crippen molar-refractivity contribution in [3.8, 4) is 0 Å². The summed E-state index contributed by atoms with van der Waals surface area (Å²) in [5, 5.41) is 2.06. The fourth-order valence-electron chi connectivity index (χ4n) is 2.75. The minimum Gasteiger partial charge on any atom is -0.444 e. The van der Waals surface area contributed by atoms with Gasteiger partial charge < -0.3 is 14.2 Å². The molecule has 2 aromatic rings. The zero-order valence-electron chi connectivity index (χ0n) is 13.1. The summed E-state index contributed by atoms with van der Waals surface area (Å²) in [6.07, 6.45) is -0.294. The van der Waals surface area contributed by atoms with E-state index in [1.165, 1.54) is 0 Å². The van der Waals surface area contributed by atoms with E-state index in [9.17, 15) is 4.79 Å². The second kappa shape index (κ2) is 5.87. The molecule has 0 bridgehead atoms. The smallest absolute Gasteiger partial charge is 0.410 e. The van der Waals surface area contributed by atoms with Crippen LogP contribution in [0.1, 0.15) is 26.5 Å². The molecule has 0 radical (unpaired) electrons. The third kappa shape index (κ3) is 3.19. The van der Waals surface area contributed by atoms with Gasteiger partial charge in [0.1, 0.15) is 5.60 Å². The molecular weight excluding hydrogens is 403 g/mol. The van der Waals surface area contributed by atoms with Crippen molar-refractivity contribution >= 4 is 56.1 Å². The number of aromatic nitrogens is 1. The van der Waals surface area contributed by atoms with Gasteiger partial charge in [-0.25, -0.2) is 4.79 Å². The fourth-order valence-corrected chi connectivity index (χ4v) is 3.87. The second-order valence-electron chi connectivity index (χ2n) is 6.61. The lowest BCUT2D eigenvalue weighted by Crippen LogP contribution is -2.41. The Morgan fingerprint density at radius 1 is 1.26 bits per heavy atom. The zero-order valence-corrected chi connectivity index (χ0v) is 16.2. The molecule has 0 unspecified atom stereocenters. The van der Waals surface area contributed by atoms with Crippen LogP contribution in [-0.2, 0) is 17.8 Å². The van der Waals surface area contributed by atoms with Crippen molar-refractivity contribution in [3.05, 3.63) is 32.3 Å². The maximum atomic E-state index is 12.3. The highest BCUT2D eigenvalue weighted by atomic mass is 79.9. The number of rotatable bonds is 0. The maximum absolute atomic E-state index is 12.3. The van der Waals surface area contributed by atoms with Crippen molar-refractivity contribution in [2.75, 3.05) is 6.54 Å². The average Bonchev–Trinajstić information content (AvgIpc) is 2.82. The normalized spacial score (nSPS) is 15.0. The molecule has 0 saturated heterocycles. The van der Waals surface area contributed by atoms with Gasteiger partial charge in [-0.05, 0) is 32.9 Å². The molecule has 4 nitrogen and oxygen atoms in total. The quantitative estimate of drug-likeness (QED) is 0.531. The molecule has 2 heterocycles. The van der Waals surface area contributed by atoms with Crippen molar-refractivity contribution in [2.45, 2.75) is 39.5 Å². The van der Waals surface area contributed by atoms with E-state index in [-0.39, 0.29) is 6.09 Å². The number of halogens is 3. The molecule has 0 N–H and O–H groups in total. The molecule has 1 aromatic carbocycles. The molecule has 3 rings (SSSR count). The number of hydrogen-bond donors (Lipinski definition) is 0. The van der Waals surface area contributed by atoms with E-state index < -0.39 is 5.60 Å². The molecule has 0 spiro atoms. The molecule has 124 valence electrons. The first kappa shape index (κ1) is 16.9. The van der Waals surface area contributed by atoms with Crippen LogP contribution >= 0.6 is 39.1 Å². The van der Waals surface area contributed by atoms with Gasteiger partial charge >= 0.3 is 6.09 Å². The highest BCUT2D eigenvalue weighted by molar-refractivity contribution is 9.10. The van der Waals surface area contributed by atoms with E-state index in [2.05, 4.69) is 20.5 Å². The summed E-state index contributed by atoms with van der Waals surface area (Å²) in [5.41, 5.74) is 1.42. The third-order valence-corrected chi connectivity index (χ3v) is 5.14. The molecular formula is C16H17BrCl2N2O2. The standard InChI is InChI=1S/C16H17BrCl2N2O2/c1-16(2,3)23-15(22)20-4-5-21-9(8-20)6-10-11(17)7-12(18)13(19)14(10)21/h6-7H,4-5,8H2,1-3H3. The summed E-state index contributed by atoms with van der Waals surface area (Å²) >= 11 is 16.1. The van der Waals surface area contributed by atoms with E-state index >= 15 is 0 Å². The number of amides is 1. The van der Waals surface area contributed by atoms with Gasteiger partial charge in [-0.3, -0.25) is 0 Å². The number of hydrogen-bond acceptors (Lipinski definition) is 2. The van der Waals surface area contributed by atoms with Crippen molar-refractivity contribution in [2.24, 2.45) is 0 Å². The third-order valence-electron chi connectivity index (χ3n) is 3.71. The van der Waals surface area contributed by atoms with Crippen LogP contribution in [0.2, 0.25) is 10.0 Å². The molecule has 0 saturated carbocycles. The SMILES string of the molecule is CC(C)(C)OC(=O)N1CCn2c(cc3c(Br)cc(Cl)c(Cl)c32)C1. The van der Waals surface area contributed by atoms with Gasteiger partial charge in [0.05, 0.1) is 22.1 Å². The molecule has 23 heavy (non-hydrogen) atoms. The highest BCUT2D eigenvalue weighted by Crippen LogP contribution is 2.39. The first-order valence-corrected chi connectivity index (χ1v) is 8.86. The molecule has 1 aromatic heterocycles. The Morgan fingerprint density at radius 2 is 1.96 bits per heavy atom. The van der Waals surface area contributed by atoms with Crippen LogP contribution in [0.15, 0.2) is 16.6 Å². The van der Waals surface area contributed by atoms with Gasteiger partial charge in [0.15, 0.2) is 0 Å². The number of carbonyl (C=O) groups excluding carboxylic acids is 1. The second-order valence-corrected chi connectivity index (χ2v) is 8.25. The van der Waals surface area contributed by atoms with Gasteiger partial charge in [-0.1, -0.05) is 39.1 Å². The summed E-state index contributed by atoms with van der Waals surface area (Å²) in [5.74, 6) is 0. The zero-order chi connectivity index (χ0) is 16.9. The average molecular weight is 420 g/mol. The van der Waals surface area contributed by atoms with Crippen LogP contribution in [0.4, 0.5) is 4.79 Å². The number of benzene rings is 1. The van der Waals surface area contributed by atoms with Gasteiger partial charge in [0.2, 0.25) is 0 Å². The molecule has 0 fully saturated rings. The minimum atomic E-state index is -0.499. The van der Waals surface area contributed by atoms with Crippen molar-refractivity contribution in [1.82, 2.24) is 9.47 Å². The lowest BCUT2D eigenvalue weighted by Gasteiger charge is -2.31. The number of carbonyl (C=O) groups is 1. The Morgan fingerprint density at radius 3 is 2.61 bits per heavy atom. The molecule has 1 aliphatic heterocycles. The molecule has 1 aliphatic rings. The predicted octanol–water partition coefficient (Wildman–Crippen LogP) is 5.46. The number of ether oxygens (including phenoxy) is 1. The largest absolute Gasteiger partial charge is 0.444 e. The maximum Gasteiger partial charge on any atom is 0.410 e. The van der Waals surface area contributed by atoms with Gasteiger partial charge in [-0.15, -0.1) is 0 Å². The molecule has 7 heteroatoms. The number of fused-ring (bicyclic) bond motifs is 3. The molecule has 0 atom stereocenters. The first-order chi connectivity index (χ1) is 10.7. The van der Waals surface area contributed by atoms with Gasteiger partial charge in [0.25, 0.3) is 0 Å². The Bertz CT molecular complexity index is 796. The summed E-state index contributed by atoms with van der Waals surface area (Å²) in [6.45, 7) is 7.32. The lowest BCUT2D eigenvalue weighted by molar-refractivity contribution is 0.0200. The van der Waals surface area contributed by atoms with Crippen molar-refractivity contribution < 1.29 is 9.53 Å². The fraction of sp³-hybridized carbons (Fsp3) is 0.438. The van der Waals surface area contributed by atoms with Gasteiger partial charge in [-0.2, -0.15) is 0 Å². The summed E-state index contributed by atoms with van der Waals surface area (Å²) in [6, 6.07) is 3.84. The van der Waals surface area contributed by atoms with E-state index in [1.54, 1.807) is 11.0 Å². The minimum absolute atomic E-state index is 0.294. The monoisotopic (exact) mass is 418 g/mol. The predicted molar refractivity (Wildman–Crippen MR) is 96.3 cm³/mol. The van der Waals surface area contributed by atoms with E-state index in [0.29, 0.717) is 29.7 Å². The van der Waals surface area contributed by atoms with Crippen LogP contribution < -0.4 is 0 Å². The topological polar surface area (TPSA) is 34.5 Å². The van der Waals surface area contributed by atoms with Crippen LogP contribution in [-0.4, -0.2) is 27.7 Å². The van der Waals surface area contributed by atoms with Gasteiger partial charge in [0, 0.05) is 28.6 Å². The lowest BCUT2D eigenvalue weighted by atomic mass is 10.2.